The van der Waals surface area contributed by atoms with Gasteiger partial charge in [0, 0.05) is 75.0 Å². The summed E-state index contributed by atoms with van der Waals surface area (Å²) in [6.45, 7) is 0. The number of hydrogen-bond donors (Lipinski definition) is 0. The molecule has 5 heteroatoms. The number of benzene rings is 17. The molecular formula is C99H60N2O2S. The van der Waals surface area contributed by atoms with Crippen LogP contribution in [-0.4, -0.2) is 0 Å². The standard InChI is InChI=1S/C99H60N2O2S/c1-3-23-71-62(19-1)21-17-34-90(71)100(89-33-13-7-25-73(89)67-44-53-95-83(56-67)78-28-8-14-36-93(78)102-95)69-46-39-61(40-47-69)65-41-49-76-77-50-42-66(59-88(77)99(87(76)58-65)85-31-11-5-26-74(85)75-27-6-12-32-86(75)99)64-43-52-92(82(55-64)68-45-54-96-84(57-68)79-29-9-15-37-94(79)103-96)101(91-35-18-22-63-20-2-4-24-72(63)91)70-48-51-81-80-30-10-16-38-97(80)104-98(81)60-70/h1-60H. The average Bonchev–Trinajstić information content (AvgIpc) is 1.51. The van der Waals surface area contributed by atoms with E-state index in [9.17, 15) is 0 Å². The van der Waals surface area contributed by atoms with E-state index in [2.05, 4.69) is 362 Å². The van der Waals surface area contributed by atoms with Gasteiger partial charge in [-0.15, -0.1) is 11.3 Å². The fourth-order valence-corrected chi connectivity index (χ4v) is 18.8. The van der Waals surface area contributed by atoms with E-state index >= 15 is 0 Å². The van der Waals surface area contributed by atoms with Crippen molar-refractivity contribution >= 4 is 131 Å². The molecule has 0 aliphatic heterocycles. The molecule has 484 valence electrons. The van der Waals surface area contributed by atoms with Crippen molar-refractivity contribution < 1.29 is 8.83 Å². The SMILES string of the molecule is c1ccc(N(c2ccc(-c3ccc4c(c3)C3(c5ccccc5-c5ccccc53)c3cc(-c5ccc(N(c6ccc7c(c6)sc6ccccc67)c6cccc7ccccc67)c(-c6ccc7oc8ccccc8c7c6)c5)ccc3-4)cc2)c2cccc3ccccc23)c(-c2ccc3oc4ccccc4c3c2)c1. The van der Waals surface area contributed by atoms with Gasteiger partial charge in [0.1, 0.15) is 22.3 Å². The highest BCUT2D eigenvalue weighted by atomic mass is 32.1. The lowest BCUT2D eigenvalue weighted by Crippen LogP contribution is -2.26. The zero-order valence-corrected chi connectivity index (χ0v) is 57.1. The first kappa shape index (κ1) is 58.5. The molecule has 2 aliphatic carbocycles. The maximum absolute atomic E-state index is 6.54. The van der Waals surface area contributed by atoms with Gasteiger partial charge in [0.05, 0.1) is 28.2 Å². The second-order valence-corrected chi connectivity index (χ2v) is 28.8. The number of para-hydroxylation sites is 3. The first-order valence-corrected chi connectivity index (χ1v) is 36.5. The molecule has 3 aromatic heterocycles. The maximum Gasteiger partial charge on any atom is 0.135 e. The summed E-state index contributed by atoms with van der Waals surface area (Å²) in [4.78, 5) is 4.95. The molecule has 0 amide bonds. The Balaban J connectivity index is 0.706. The van der Waals surface area contributed by atoms with Crippen molar-refractivity contribution in [1.29, 1.82) is 0 Å². The van der Waals surface area contributed by atoms with Crippen LogP contribution in [0.1, 0.15) is 22.3 Å². The van der Waals surface area contributed by atoms with Crippen LogP contribution >= 0.6 is 11.3 Å². The summed E-state index contributed by atoms with van der Waals surface area (Å²) < 4.78 is 15.4. The number of fused-ring (bicyclic) bond motifs is 21. The molecule has 2 aliphatic rings. The normalized spacial score (nSPS) is 12.7. The van der Waals surface area contributed by atoms with Crippen LogP contribution in [0.4, 0.5) is 34.1 Å². The highest BCUT2D eigenvalue weighted by Crippen LogP contribution is 2.64. The number of rotatable bonds is 10. The molecular weight excluding hydrogens is 1280 g/mol. The Morgan fingerprint density at radius 3 is 1.26 bits per heavy atom. The average molecular weight is 1340 g/mol. The molecule has 4 nitrogen and oxygen atoms in total. The third kappa shape index (κ3) is 8.78. The fraction of sp³-hybridized carbons (Fsp3) is 0.0101. The van der Waals surface area contributed by atoms with E-state index in [1.807, 2.05) is 23.5 Å². The van der Waals surface area contributed by atoms with Crippen LogP contribution in [0, 0.1) is 0 Å². The van der Waals surface area contributed by atoms with Crippen molar-refractivity contribution in [3.8, 4) is 66.8 Å². The summed E-state index contributed by atoms with van der Waals surface area (Å²) in [6, 6.07) is 135. The van der Waals surface area contributed by atoms with Crippen molar-refractivity contribution in [2.24, 2.45) is 0 Å². The van der Waals surface area contributed by atoms with E-state index in [1.165, 1.54) is 86.2 Å². The molecule has 0 unspecified atom stereocenters. The van der Waals surface area contributed by atoms with Gasteiger partial charge in [0.2, 0.25) is 0 Å². The van der Waals surface area contributed by atoms with Gasteiger partial charge in [-0.2, -0.15) is 0 Å². The summed E-state index contributed by atoms with van der Waals surface area (Å²) in [7, 11) is 0. The highest BCUT2D eigenvalue weighted by Gasteiger charge is 2.52. The molecule has 0 saturated heterocycles. The second kappa shape index (κ2) is 22.9. The highest BCUT2D eigenvalue weighted by molar-refractivity contribution is 7.25. The summed E-state index contributed by atoms with van der Waals surface area (Å²) in [6.07, 6.45) is 0. The Hall–Kier alpha value is -13.3. The minimum atomic E-state index is -0.628. The van der Waals surface area contributed by atoms with Gasteiger partial charge >= 0.3 is 0 Å². The van der Waals surface area contributed by atoms with Crippen molar-refractivity contribution in [3.63, 3.8) is 0 Å². The molecule has 0 fully saturated rings. The van der Waals surface area contributed by atoms with E-state index in [0.29, 0.717) is 0 Å². The molecule has 20 aromatic rings. The minimum Gasteiger partial charge on any atom is -0.456 e. The monoisotopic (exact) mass is 1340 g/mol. The van der Waals surface area contributed by atoms with E-state index in [1.54, 1.807) is 0 Å². The Bertz CT molecular complexity index is 6910. The van der Waals surface area contributed by atoms with Crippen molar-refractivity contribution in [3.05, 3.63) is 386 Å². The van der Waals surface area contributed by atoms with Crippen LogP contribution in [-0.2, 0) is 5.41 Å². The van der Waals surface area contributed by atoms with Crippen LogP contribution in [0.15, 0.2) is 373 Å². The first-order valence-electron chi connectivity index (χ1n) is 35.7. The molecule has 0 atom stereocenters. The van der Waals surface area contributed by atoms with Crippen molar-refractivity contribution in [1.82, 2.24) is 0 Å². The Morgan fingerprint density at radius 1 is 0.212 bits per heavy atom. The molecule has 104 heavy (non-hydrogen) atoms. The summed E-state index contributed by atoms with van der Waals surface area (Å²) in [5.41, 5.74) is 28.6. The molecule has 1 spiro atoms. The maximum atomic E-state index is 6.54. The van der Waals surface area contributed by atoms with Gasteiger partial charge in [-0.1, -0.05) is 255 Å². The summed E-state index contributed by atoms with van der Waals surface area (Å²) in [5, 5.41) is 11.7. The second-order valence-electron chi connectivity index (χ2n) is 27.7. The van der Waals surface area contributed by atoms with Crippen LogP contribution < -0.4 is 9.80 Å². The van der Waals surface area contributed by atoms with Gasteiger partial charge < -0.3 is 18.6 Å². The van der Waals surface area contributed by atoms with Crippen LogP contribution in [0.2, 0.25) is 0 Å². The van der Waals surface area contributed by atoms with Gasteiger partial charge in [-0.25, -0.2) is 0 Å². The molecule has 3 heterocycles. The van der Waals surface area contributed by atoms with Gasteiger partial charge in [0.25, 0.3) is 0 Å². The van der Waals surface area contributed by atoms with E-state index in [4.69, 9.17) is 8.83 Å². The number of furan rings is 2. The summed E-state index contributed by atoms with van der Waals surface area (Å²) in [5.74, 6) is 0. The van der Waals surface area contributed by atoms with Gasteiger partial charge in [0.15, 0.2) is 0 Å². The quantitative estimate of drug-likeness (QED) is 0.137. The topological polar surface area (TPSA) is 32.8 Å². The summed E-state index contributed by atoms with van der Waals surface area (Å²) >= 11 is 1.85. The fourth-order valence-electron chi connectivity index (χ4n) is 17.6. The van der Waals surface area contributed by atoms with E-state index < -0.39 is 5.41 Å². The molecule has 0 bridgehead atoms. The lowest BCUT2D eigenvalue weighted by Gasteiger charge is -2.31. The Labute approximate surface area is 604 Å². The first-order chi connectivity index (χ1) is 51.5. The molecule has 0 radical (unpaired) electrons. The molecule has 22 rings (SSSR count). The number of thiophene rings is 1. The Morgan fingerprint density at radius 2 is 0.625 bits per heavy atom. The minimum absolute atomic E-state index is 0.628. The van der Waals surface area contributed by atoms with Crippen LogP contribution in [0.5, 0.6) is 0 Å². The van der Waals surface area contributed by atoms with Crippen LogP contribution in [0.25, 0.3) is 152 Å². The number of anilines is 6. The zero-order chi connectivity index (χ0) is 68.1. The number of hydrogen-bond acceptors (Lipinski definition) is 5. The molecule has 0 saturated carbocycles. The predicted molar refractivity (Wildman–Crippen MR) is 436 cm³/mol. The van der Waals surface area contributed by atoms with Gasteiger partial charge in [-0.3, -0.25) is 0 Å². The molecule has 0 N–H and O–H groups in total. The largest absolute Gasteiger partial charge is 0.456 e. The Kier molecular flexibility index (Phi) is 12.8. The lowest BCUT2D eigenvalue weighted by atomic mass is 9.70. The predicted octanol–water partition coefficient (Wildman–Crippen LogP) is 28.1. The lowest BCUT2D eigenvalue weighted by molar-refractivity contribution is 0.668. The van der Waals surface area contributed by atoms with E-state index in [-0.39, 0.29) is 0 Å². The van der Waals surface area contributed by atoms with Crippen molar-refractivity contribution in [2.45, 2.75) is 5.41 Å². The van der Waals surface area contributed by atoms with Crippen molar-refractivity contribution in [2.75, 3.05) is 9.80 Å². The van der Waals surface area contributed by atoms with Crippen LogP contribution in [0.3, 0.4) is 0 Å². The molecule has 17 aromatic carbocycles. The van der Waals surface area contributed by atoms with E-state index in [0.717, 1.165) is 123 Å². The third-order valence-corrected chi connectivity index (χ3v) is 23.4. The third-order valence-electron chi connectivity index (χ3n) is 22.3. The van der Waals surface area contributed by atoms with Gasteiger partial charge in [-0.05, 0) is 198 Å². The zero-order valence-electron chi connectivity index (χ0n) is 56.3. The number of nitrogens with zero attached hydrogens (tertiary/aromatic N) is 2. The smallest absolute Gasteiger partial charge is 0.135 e.